The molecule has 0 N–H and O–H groups in total. The Labute approximate surface area is 165 Å². The Morgan fingerprint density at radius 2 is 1.93 bits per heavy atom. The van der Waals surface area contributed by atoms with Crippen molar-refractivity contribution in [3.8, 4) is 11.3 Å². The first-order chi connectivity index (χ1) is 13.8. The molecule has 1 aliphatic carbocycles. The lowest BCUT2D eigenvalue weighted by Crippen LogP contribution is -2.33. The van der Waals surface area contributed by atoms with Gasteiger partial charge in [-0.3, -0.25) is 14.5 Å². The fourth-order valence-electron chi connectivity index (χ4n) is 4.47. The first kappa shape index (κ1) is 17.2. The normalized spacial score (nSPS) is 15.6. The monoisotopic (exact) mass is 372 g/mol. The van der Waals surface area contributed by atoms with Gasteiger partial charge >= 0.3 is 0 Å². The van der Waals surface area contributed by atoms with E-state index in [0.29, 0.717) is 0 Å². The van der Waals surface area contributed by atoms with Crippen LogP contribution in [0.15, 0.2) is 48.8 Å². The summed E-state index contributed by atoms with van der Waals surface area (Å²) in [6.45, 7) is 2.42. The molecule has 28 heavy (non-hydrogen) atoms. The Hall–Kier alpha value is -2.95. The van der Waals surface area contributed by atoms with Gasteiger partial charge in [-0.1, -0.05) is 30.3 Å². The molecular formula is C23H24N4O. The first-order valence-electron chi connectivity index (χ1n) is 10.2. The van der Waals surface area contributed by atoms with E-state index in [1.807, 2.05) is 34.1 Å². The molecular weight excluding hydrogens is 348 g/mol. The van der Waals surface area contributed by atoms with Crippen molar-refractivity contribution in [3.05, 3.63) is 71.2 Å². The molecule has 0 spiro atoms. The molecule has 0 saturated carbocycles. The van der Waals surface area contributed by atoms with Crippen molar-refractivity contribution in [2.75, 3.05) is 13.1 Å². The van der Waals surface area contributed by atoms with Gasteiger partial charge in [0.2, 0.25) is 0 Å². The number of aryl methyl sites for hydroxylation is 3. The highest BCUT2D eigenvalue weighted by atomic mass is 16.2. The predicted molar refractivity (Wildman–Crippen MR) is 108 cm³/mol. The summed E-state index contributed by atoms with van der Waals surface area (Å²) in [6, 6.07) is 12.5. The zero-order chi connectivity index (χ0) is 18.9. The van der Waals surface area contributed by atoms with Gasteiger partial charge in [-0.2, -0.15) is 5.10 Å². The van der Waals surface area contributed by atoms with Crippen molar-refractivity contribution in [1.82, 2.24) is 19.7 Å². The lowest BCUT2D eigenvalue weighted by molar-refractivity contribution is 0.0754. The van der Waals surface area contributed by atoms with Crippen LogP contribution in [-0.2, 0) is 25.8 Å². The Balaban J connectivity index is 1.39. The van der Waals surface area contributed by atoms with E-state index in [0.717, 1.165) is 74.3 Å². The van der Waals surface area contributed by atoms with Gasteiger partial charge in [-0.15, -0.1) is 0 Å². The van der Waals surface area contributed by atoms with Crippen LogP contribution in [0.3, 0.4) is 0 Å². The third kappa shape index (κ3) is 3.01. The number of carbonyl (C=O) groups excluding carboxylic acids is 1. The number of pyridine rings is 1. The molecule has 2 aromatic heterocycles. The summed E-state index contributed by atoms with van der Waals surface area (Å²) in [4.78, 5) is 19.7. The van der Waals surface area contributed by atoms with Gasteiger partial charge in [0.05, 0.1) is 5.69 Å². The molecule has 3 heterocycles. The molecule has 0 fully saturated rings. The second-order valence-corrected chi connectivity index (χ2v) is 7.67. The molecule has 0 saturated heterocycles. The third-order valence-electron chi connectivity index (χ3n) is 5.88. The highest BCUT2D eigenvalue weighted by molar-refractivity contribution is 5.96. The number of amides is 1. The van der Waals surface area contributed by atoms with Gasteiger partial charge in [0.15, 0.2) is 0 Å². The lowest BCUT2D eigenvalue weighted by atomic mass is 9.90. The first-order valence-corrected chi connectivity index (χ1v) is 10.2. The maximum Gasteiger partial charge on any atom is 0.272 e. The van der Waals surface area contributed by atoms with Crippen LogP contribution in [0.1, 0.15) is 40.0 Å². The third-order valence-corrected chi connectivity index (χ3v) is 5.88. The Morgan fingerprint density at radius 3 is 2.82 bits per heavy atom. The van der Waals surface area contributed by atoms with Gasteiger partial charge in [0, 0.05) is 43.2 Å². The highest BCUT2D eigenvalue weighted by Gasteiger charge is 2.32. The Kier molecular flexibility index (Phi) is 4.43. The average Bonchev–Trinajstić information content (AvgIpc) is 3.04. The van der Waals surface area contributed by atoms with Crippen molar-refractivity contribution in [2.24, 2.45) is 0 Å². The van der Waals surface area contributed by atoms with Crippen molar-refractivity contribution >= 4 is 5.91 Å². The minimum absolute atomic E-state index is 0.150. The molecule has 0 radical (unpaired) electrons. The molecule has 5 rings (SSSR count). The molecule has 5 heteroatoms. The largest absolute Gasteiger partial charge is 0.337 e. The Bertz CT molecular complexity index is 1010. The minimum atomic E-state index is 0.150. The summed E-state index contributed by atoms with van der Waals surface area (Å²) >= 11 is 0. The second kappa shape index (κ2) is 7.23. The van der Waals surface area contributed by atoms with Crippen LogP contribution in [0.5, 0.6) is 0 Å². The molecule has 0 unspecified atom stereocenters. The summed E-state index contributed by atoms with van der Waals surface area (Å²) in [5.41, 5.74) is 6.62. The van der Waals surface area contributed by atoms with E-state index < -0.39 is 0 Å². The number of rotatable bonds is 4. The van der Waals surface area contributed by atoms with Crippen molar-refractivity contribution in [1.29, 1.82) is 0 Å². The average molecular weight is 372 g/mol. The molecule has 1 amide bonds. The number of aromatic nitrogens is 3. The standard InChI is InChI=1S/C23H24N4O/c28-23-22-20-10-9-18-16-24-12-11-19(18)21(20)25-27(22)15-5-14-26(23)13-4-8-17-6-2-1-3-7-17/h1-3,6-7,11-12,16H,4-5,8-10,13-15H2. The van der Waals surface area contributed by atoms with E-state index in [1.165, 1.54) is 11.1 Å². The molecule has 0 bridgehead atoms. The number of hydrogen-bond donors (Lipinski definition) is 0. The fraction of sp³-hybridized carbons (Fsp3) is 0.348. The molecule has 2 aliphatic rings. The maximum absolute atomic E-state index is 13.4. The van der Waals surface area contributed by atoms with Crippen LogP contribution in [0, 0.1) is 0 Å². The number of carbonyl (C=O) groups is 1. The zero-order valence-corrected chi connectivity index (χ0v) is 16.0. The molecule has 1 aromatic carbocycles. The maximum atomic E-state index is 13.4. The van der Waals surface area contributed by atoms with E-state index in [1.54, 1.807) is 0 Å². The SMILES string of the molecule is O=C1c2c3c(nn2CCCN1CCCc1ccccc1)-c1ccncc1CC3. The zero-order valence-electron chi connectivity index (χ0n) is 16.0. The molecule has 142 valence electrons. The lowest BCUT2D eigenvalue weighted by Gasteiger charge is -2.21. The van der Waals surface area contributed by atoms with E-state index in [-0.39, 0.29) is 5.91 Å². The van der Waals surface area contributed by atoms with Crippen molar-refractivity contribution in [2.45, 2.75) is 38.6 Å². The number of hydrogen-bond acceptors (Lipinski definition) is 3. The van der Waals surface area contributed by atoms with E-state index in [2.05, 4.69) is 29.2 Å². The van der Waals surface area contributed by atoms with E-state index in [4.69, 9.17) is 5.10 Å². The quantitative estimate of drug-likeness (QED) is 0.704. The fourth-order valence-corrected chi connectivity index (χ4v) is 4.47. The molecule has 0 atom stereocenters. The van der Waals surface area contributed by atoms with Crippen LogP contribution < -0.4 is 0 Å². The number of nitrogens with zero attached hydrogens (tertiary/aromatic N) is 4. The molecule has 3 aromatic rings. The van der Waals surface area contributed by atoms with Crippen LogP contribution in [-0.4, -0.2) is 38.7 Å². The number of fused-ring (bicyclic) bond motifs is 5. The van der Waals surface area contributed by atoms with Gasteiger partial charge in [-0.25, -0.2) is 0 Å². The number of benzene rings is 1. The van der Waals surface area contributed by atoms with Gasteiger partial charge in [-0.05, 0) is 49.3 Å². The summed E-state index contributed by atoms with van der Waals surface area (Å²) < 4.78 is 1.96. The topological polar surface area (TPSA) is 51.0 Å². The summed E-state index contributed by atoms with van der Waals surface area (Å²) in [6.07, 6.45) is 8.48. The van der Waals surface area contributed by atoms with Crippen molar-refractivity contribution < 1.29 is 4.79 Å². The van der Waals surface area contributed by atoms with Gasteiger partial charge < -0.3 is 4.90 Å². The van der Waals surface area contributed by atoms with Crippen LogP contribution >= 0.6 is 0 Å². The van der Waals surface area contributed by atoms with Gasteiger partial charge in [0.25, 0.3) is 5.91 Å². The summed E-state index contributed by atoms with van der Waals surface area (Å²) in [5.74, 6) is 0.150. The second-order valence-electron chi connectivity index (χ2n) is 7.67. The van der Waals surface area contributed by atoms with E-state index in [9.17, 15) is 4.79 Å². The molecule has 1 aliphatic heterocycles. The van der Waals surface area contributed by atoms with Crippen molar-refractivity contribution in [3.63, 3.8) is 0 Å². The predicted octanol–water partition coefficient (Wildman–Crippen LogP) is 3.52. The highest BCUT2D eigenvalue weighted by Crippen LogP contribution is 2.35. The van der Waals surface area contributed by atoms with Crippen LogP contribution in [0.4, 0.5) is 0 Å². The summed E-state index contributed by atoms with van der Waals surface area (Å²) in [7, 11) is 0. The van der Waals surface area contributed by atoms with Crippen LogP contribution in [0.25, 0.3) is 11.3 Å². The van der Waals surface area contributed by atoms with Crippen LogP contribution in [0.2, 0.25) is 0 Å². The Morgan fingerprint density at radius 1 is 1.04 bits per heavy atom. The van der Waals surface area contributed by atoms with E-state index >= 15 is 0 Å². The summed E-state index contributed by atoms with van der Waals surface area (Å²) in [5, 5.41) is 4.85. The van der Waals surface area contributed by atoms with Gasteiger partial charge in [0.1, 0.15) is 5.69 Å². The molecule has 5 nitrogen and oxygen atoms in total. The minimum Gasteiger partial charge on any atom is -0.337 e. The smallest absolute Gasteiger partial charge is 0.272 e.